The lowest BCUT2D eigenvalue weighted by Gasteiger charge is -2.03. The molecule has 0 heterocycles. The summed E-state index contributed by atoms with van der Waals surface area (Å²) in [6, 6.07) is 6.44. The molecule has 0 spiro atoms. The fraction of sp³-hybridized carbons (Fsp3) is 0. The van der Waals surface area contributed by atoms with E-state index in [0.29, 0.717) is 4.90 Å². The summed E-state index contributed by atoms with van der Waals surface area (Å²) in [7, 11) is -4.20. The molecule has 0 fully saturated rings. The highest BCUT2D eigenvalue weighted by Gasteiger charge is 2.05. The quantitative estimate of drug-likeness (QED) is 0.502. The second-order valence-electron chi connectivity index (χ2n) is 2.09. The predicted molar refractivity (Wildman–Crippen MR) is 48.9 cm³/mol. The summed E-state index contributed by atoms with van der Waals surface area (Å²) in [5.41, 5.74) is 0.253. The Morgan fingerprint density at radius 3 is 2.42 bits per heavy atom. The predicted octanol–water partition coefficient (Wildman–Crippen LogP) is 1.19. The van der Waals surface area contributed by atoms with Crippen LogP contribution < -0.4 is 4.72 Å². The number of benzene rings is 1. The van der Waals surface area contributed by atoms with E-state index in [0.717, 1.165) is 0 Å². The van der Waals surface area contributed by atoms with Gasteiger partial charge in [0.2, 0.25) is 0 Å². The van der Waals surface area contributed by atoms with Crippen molar-refractivity contribution >= 4 is 28.6 Å². The second kappa shape index (κ2) is 3.34. The minimum atomic E-state index is -4.20. The highest BCUT2D eigenvalue weighted by Crippen LogP contribution is 2.18. The first-order valence-electron chi connectivity index (χ1n) is 3.02. The van der Waals surface area contributed by atoms with Crippen LogP contribution in [0.25, 0.3) is 0 Å². The van der Waals surface area contributed by atoms with E-state index in [1.54, 1.807) is 18.2 Å². The molecule has 0 bridgehead atoms. The zero-order valence-corrected chi connectivity index (χ0v) is 7.64. The monoisotopic (exact) mass is 205 g/mol. The second-order valence-corrected chi connectivity index (χ2v) is 3.73. The van der Waals surface area contributed by atoms with Crippen LogP contribution in [0, 0.1) is 0 Å². The molecule has 1 aromatic rings. The third kappa shape index (κ3) is 2.72. The standard InChI is InChI=1S/C6H7NO3S2/c8-12(9,10)7-5-3-1-2-4-6(5)11/h1-4,7,11H,(H,8,9,10). The van der Waals surface area contributed by atoms with Gasteiger partial charge in [0.1, 0.15) is 0 Å². The van der Waals surface area contributed by atoms with Gasteiger partial charge in [-0.25, -0.2) is 0 Å². The van der Waals surface area contributed by atoms with E-state index in [-0.39, 0.29) is 5.69 Å². The zero-order valence-electron chi connectivity index (χ0n) is 5.93. The molecule has 0 saturated carbocycles. The number of nitrogens with one attached hydrogen (secondary N) is 1. The molecule has 0 saturated heterocycles. The molecule has 0 atom stereocenters. The van der Waals surface area contributed by atoms with Crippen LogP contribution in [0.2, 0.25) is 0 Å². The summed E-state index contributed by atoms with van der Waals surface area (Å²) in [6.45, 7) is 0. The number of thiol groups is 1. The summed E-state index contributed by atoms with van der Waals surface area (Å²) in [4.78, 5) is 0.454. The van der Waals surface area contributed by atoms with Gasteiger partial charge >= 0.3 is 10.3 Å². The minimum Gasteiger partial charge on any atom is -0.269 e. The van der Waals surface area contributed by atoms with Gasteiger partial charge in [-0.2, -0.15) is 8.42 Å². The Morgan fingerprint density at radius 1 is 1.33 bits per heavy atom. The summed E-state index contributed by atoms with van der Waals surface area (Å²) >= 11 is 3.97. The number of para-hydroxylation sites is 1. The summed E-state index contributed by atoms with van der Waals surface area (Å²) in [5.74, 6) is 0. The number of anilines is 1. The van der Waals surface area contributed by atoms with E-state index in [4.69, 9.17) is 4.55 Å². The molecule has 66 valence electrons. The molecule has 0 amide bonds. The van der Waals surface area contributed by atoms with Crippen molar-refractivity contribution in [3.05, 3.63) is 24.3 Å². The molecule has 12 heavy (non-hydrogen) atoms. The smallest absolute Gasteiger partial charge is 0.269 e. The molecule has 1 rings (SSSR count). The Bertz CT molecular complexity index is 374. The van der Waals surface area contributed by atoms with Crippen molar-refractivity contribution in [3.8, 4) is 0 Å². The highest BCUT2D eigenvalue weighted by molar-refractivity contribution is 7.87. The topological polar surface area (TPSA) is 66.4 Å². The van der Waals surface area contributed by atoms with Gasteiger partial charge in [-0.05, 0) is 12.1 Å². The van der Waals surface area contributed by atoms with Gasteiger partial charge in [0.25, 0.3) is 0 Å². The van der Waals surface area contributed by atoms with E-state index in [1.807, 2.05) is 4.72 Å². The maximum Gasteiger partial charge on any atom is 0.357 e. The molecule has 1 aromatic carbocycles. The normalized spacial score (nSPS) is 11.2. The molecular weight excluding hydrogens is 198 g/mol. The Morgan fingerprint density at radius 2 is 1.92 bits per heavy atom. The summed E-state index contributed by atoms with van der Waals surface area (Å²) in [6.07, 6.45) is 0. The maximum absolute atomic E-state index is 10.4. The summed E-state index contributed by atoms with van der Waals surface area (Å²) < 4.78 is 31.1. The van der Waals surface area contributed by atoms with Crippen LogP contribution in [0.1, 0.15) is 0 Å². The van der Waals surface area contributed by atoms with E-state index in [2.05, 4.69) is 12.6 Å². The van der Waals surface area contributed by atoms with Crippen molar-refractivity contribution in [1.29, 1.82) is 0 Å². The Balaban J connectivity index is 2.98. The van der Waals surface area contributed by atoms with Crippen LogP contribution in [0.4, 0.5) is 5.69 Å². The van der Waals surface area contributed by atoms with Gasteiger partial charge in [-0.15, -0.1) is 12.6 Å². The Kier molecular flexibility index (Phi) is 2.61. The first kappa shape index (κ1) is 9.37. The van der Waals surface area contributed by atoms with Crippen LogP contribution in [0.3, 0.4) is 0 Å². The SMILES string of the molecule is O=S(=O)(O)Nc1ccccc1S. The minimum absolute atomic E-state index is 0.253. The number of hydrogen-bond donors (Lipinski definition) is 3. The van der Waals surface area contributed by atoms with Crippen molar-refractivity contribution in [3.63, 3.8) is 0 Å². The van der Waals surface area contributed by atoms with Crippen molar-refractivity contribution in [2.75, 3.05) is 4.72 Å². The van der Waals surface area contributed by atoms with Gasteiger partial charge in [0.05, 0.1) is 5.69 Å². The number of rotatable bonds is 2. The van der Waals surface area contributed by atoms with Gasteiger partial charge in [0.15, 0.2) is 0 Å². The van der Waals surface area contributed by atoms with Crippen molar-refractivity contribution in [2.24, 2.45) is 0 Å². The summed E-state index contributed by atoms with van der Waals surface area (Å²) in [5, 5.41) is 0. The molecule has 4 nitrogen and oxygen atoms in total. The number of hydrogen-bond acceptors (Lipinski definition) is 3. The molecule has 6 heteroatoms. The van der Waals surface area contributed by atoms with E-state index < -0.39 is 10.3 Å². The molecule has 0 aliphatic rings. The van der Waals surface area contributed by atoms with Crippen LogP contribution in [-0.2, 0) is 10.3 Å². The largest absolute Gasteiger partial charge is 0.357 e. The Labute approximate surface area is 75.9 Å². The molecule has 2 N–H and O–H groups in total. The molecule has 0 radical (unpaired) electrons. The molecule has 0 aliphatic carbocycles. The maximum atomic E-state index is 10.4. The Hall–Kier alpha value is -0.720. The van der Waals surface area contributed by atoms with Crippen LogP contribution in [0.15, 0.2) is 29.2 Å². The van der Waals surface area contributed by atoms with Crippen LogP contribution >= 0.6 is 12.6 Å². The molecular formula is C6H7NO3S2. The van der Waals surface area contributed by atoms with Crippen LogP contribution in [0.5, 0.6) is 0 Å². The zero-order chi connectivity index (χ0) is 9.19. The van der Waals surface area contributed by atoms with Crippen molar-refractivity contribution < 1.29 is 13.0 Å². The average molecular weight is 205 g/mol. The molecule has 0 unspecified atom stereocenters. The fourth-order valence-electron chi connectivity index (χ4n) is 0.699. The molecule has 0 aliphatic heterocycles. The van der Waals surface area contributed by atoms with E-state index >= 15 is 0 Å². The lowest BCUT2D eigenvalue weighted by Crippen LogP contribution is -2.10. The van der Waals surface area contributed by atoms with E-state index in [9.17, 15) is 8.42 Å². The molecule has 0 aromatic heterocycles. The highest BCUT2D eigenvalue weighted by atomic mass is 32.2. The average Bonchev–Trinajstić information content (AvgIpc) is 1.91. The first-order chi connectivity index (χ1) is 5.49. The van der Waals surface area contributed by atoms with Gasteiger partial charge < -0.3 is 0 Å². The van der Waals surface area contributed by atoms with Crippen LogP contribution in [-0.4, -0.2) is 13.0 Å². The third-order valence-corrected chi connectivity index (χ3v) is 2.01. The van der Waals surface area contributed by atoms with E-state index in [1.165, 1.54) is 6.07 Å². The van der Waals surface area contributed by atoms with Crippen molar-refractivity contribution in [1.82, 2.24) is 0 Å². The van der Waals surface area contributed by atoms with Gasteiger partial charge in [-0.3, -0.25) is 9.27 Å². The fourth-order valence-corrected chi connectivity index (χ4v) is 1.45. The van der Waals surface area contributed by atoms with Crippen molar-refractivity contribution in [2.45, 2.75) is 4.90 Å². The lowest BCUT2D eigenvalue weighted by molar-refractivity contribution is 0.489. The third-order valence-electron chi connectivity index (χ3n) is 1.14. The van der Waals surface area contributed by atoms with Gasteiger partial charge in [0, 0.05) is 4.90 Å². The lowest BCUT2D eigenvalue weighted by atomic mass is 10.3. The first-order valence-corrected chi connectivity index (χ1v) is 4.91. The van der Waals surface area contributed by atoms with Gasteiger partial charge in [-0.1, -0.05) is 12.1 Å².